The SMILES string of the molecule is CCOc1cc(Br)cc(/C=N\NC(=O)CSc2ccc(Cl)cc2)c1O. The van der Waals surface area contributed by atoms with E-state index < -0.39 is 0 Å². The highest BCUT2D eigenvalue weighted by Crippen LogP contribution is 2.32. The Morgan fingerprint density at radius 2 is 2.12 bits per heavy atom. The number of rotatable bonds is 7. The molecule has 2 aromatic rings. The Morgan fingerprint density at radius 1 is 1.40 bits per heavy atom. The number of halogens is 2. The molecule has 0 radical (unpaired) electrons. The normalized spacial score (nSPS) is 10.8. The summed E-state index contributed by atoms with van der Waals surface area (Å²) < 4.78 is 6.08. The minimum Gasteiger partial charge on any atom is -0.504 e. The number of ether oxygens (including phenoxy) is 1. The van der Waals surface area contributed by atoms with Crippen LogP contribution in [0.2, 0.25) is 5.02 Å². The van der Waals surface area contributed by atoms with E-state index in [1.165, 1.54) is 18.0 Å². The van der Waals surface area contributed by atoms with Crippen LogP contribution >= 0.6 is 39.3 Å². The second-order valence-electron chi connectivity index (χ2n) is 4.81. The molecule has 2 N–H and O–H groups in total. The smallest absolute Gasteiger partial charge is 0.250 e. The molecule has 0 aliphatic heterocycles. The molecule has 2 aromatic carbocycles. The monoisotopic (exact) mass is 442 g/mol. The number of nitrogens with zero attached hydrogens (tertiary/aromatic N) is 1. The number of carbonyl (C=O) groups is 1. The van der Waals surface area contributed by atoms with E-state index in [4.69, 9.17) is 16.3 Å². The van der Waals surface area contributed by atoms with Crippen molar-refractivity contribution in [2.75, 3.05) is 12.4 Å². The standard InChI is InChI=1S/C17H16BrClN2O3S/c1-2-24-15-8-12(18)7-11(17(15)23)9-20-21-16(22)10-25-14-5-3-13(19)4-6-14/h3-9,23H,2,10H2,1H3,(H,21,22)/b20-9-. The first-order valence-electron chi connectivity index (χ1n) is 7.35. The Kier molecular flexibility index (Phi) is 7.61. The summed E-state index contributed by atoms with van der Waals surface area (Å²) in [5.41, 5.74) is 2.86. The zero-order chi connectivity index (χ0) is 18.2. The summed E-state index contributed by atoms with van der Waals surface area (Å²) in [4.78, 5) is 12.8. The van der Waals surface area contributed by atoms with Crippen LogP contribution in [0.1, 0.15) is 12.5 Å². The Balaban J connectivity index is 1.91. The van der Waals surface area contributed by atoms with E-state index in [0.717, 1.165) is 9.37 Å². The molecule has 2 rings (SSSR count). The summed E-state index contributed by atoms with van der Waals surface area (Å²) in [5, 5.41) is 14.6. The second kappa shape index (κ2) is 9.70. The quantitative estimate of drug-likeness (QED) is 0.377. The number of thioether (sulfide) groups is 1. The van der Waals surface area contributed by atoms with Gasteiger partial charge in [0.2, 0.25) is 5.91 Å². The molecule has 0 aliphatic rings. The summed E-state index contributed by atoms with van der Waals surface area (Å²) in [6.07, 6.45) is 1.37. The van der Waals surface area contributed by atoms with Gasteiger partial charge < -0.3 is 9.84 Å². The van der Waals surface area contributed by atoms with Crippen molar-refractivity contribution in [3.8, 4) is 11.5 Å². The lowest BCUT2D eigenvalue weighted by Crippen LogP contribution is -2.19. The molecule has 132 valence electrons. The van der Waals surface area contributed by atoms with Crippen LogP contribution in [0.25, 0.3) is 0 Å². The van der Waals surface area contributed by atoms with Crippen LogP contribution in [0.5, 0.6) is 11.5 Å². The van der Waals surface area contributed by atoms with Crippen molar-refractivity contribution in [2.45, 2.75) is 11.8 Å². The van der Waals surface area contributed by atoms with Gasteiger partial charge in [0.05, 0.1) is 18.6 Å². The summed E-state index contributed by atoms with van der Waals surface area (Å²) >= 11 is 10.5. The fourth-order valence-corrected chi connectivity index (χ4v) is 3.12. The number of hydrazone groups is 1. The van der Waals surface area contributed by atoms with Gasteiger partial charge in [0.15, 0.2) is 11.5 Å². The molecule has 0 aliphatic carbocycles. The van der Waals surface area contributed by atoms with Crippen LogP contribution in [0.15, 0.2) is 50.9 Å². The maximum absolute atomic E-state index is 11.8. The minimum absolute atomic E-state index is 0.0291. The Morgan fingerprint density at radius 3 is 2.80 bits per heavy atom. The highest BCUT2D eigenvalue weighted by atomic mass is 79.9. The molecule has 1 amide bonds. The van der Waals surface area contributed by atoms with Crippen molar-refractivity contribution >= 4 is 51.4 Å². The zero-order valence-corrected chi connectivity index (χ0v) is 16.5. The number of hydrogen-bond donors (Lipinski definition) is 2. The van der Waals surface area contributed by atoms with E-state index in [1.807, 2.05) is 19.1 Å². The molecule has 0 spiro atoms. The number of benzene rings is 2. The van der Waals surface area contributed by atoms with Gasteiger partial charge in [-0.15, -0.1) is 11.8 Å². The van der Waals surface area contributed by atoms with Gasteiger partial charge in [0.25, 0.3) is 0 Å². The van der Waals surface area contributed by atoms with Crippen molar-refractivity contribution in [3.63, 3.8) is 0 Å². The molecule has 0 saturated carbocycles. The number of hydrogen-bond acceptors (Lipinski definition) is 5. The first-order chi connectivity index (χ1) is 12.0. The molecule has 0 fully saturated rings. The number of carbonyl (C=O) groups excluding carboxylic acids is 1. The molecular weight excluding hydrogens is 428 g/mol. The predicted molar refractivity (Wildman–Crippen MR) is 105 cm³/mol. The van der Waals surface area contributed by atoms with Gasteiger partial charge >= 0.3 is 0 Å². The third-order valence-electron chi connectivity index (χ3n) is 2.95. The third-order valence-corrected chi connectivity index (χ3v) is 4.67. The fourth-order valence-electron chi connectivity index (χ4n) is 1.84. The molecule has 8 heteroatoms. The average Bonchev–Trinajstić information content (AvgIpc) is 2.58. The lowest BCUT2D eigenvalue weighted by atomic mass is 10.2. The van der Waals surface area contributed by atoms with Crippen LogP contribution in [0.3, 0.4) is 0 Å². The first kappa shape index (κ1) is 19.6. The van der Waals surface area contributed by atoms with Gasteiger partial charge in [0, 0.05) is 20.0 Å². The molecule has 0 atom stereocenters. The van der Waals surface area contributed by atoms with E-state index in [0.29, 0.717) is 22.9 Å². The van der Waals surface area contributed by atoms with Gasteiger partial charge in [-0.2, -0.15) is 5.10 Å². The molecule has 0 bridgehead atoms. The van der Waals surface area contributed by atoms with E-state index in [2.05, 4.69) is 26.5 Å². The summed E-state index contributed by atoms with van der Waals surface area (Å²) in [5.74, 6) is 0.283. The number of amides is 1. The van der Waals surface area contributed by atoms with Crippen LogP contribution in [0, 0.1) is 0 Å². The molecule has 0 saturated heterocycles. The number of aromatic hydroxyl groups is 1. The number of phenolic OH excluding ortho intramolecular Hbond substituents is 1. The van der Waals surface area contributed by atoms with Crippen molar-refractivity contribution < 1.29 is 14.6 Å². The molecular formula is C17H16BrClN2O3S. The topological polar surface area (TPSA) is 70.9 Å². The maximum Gasteiger partial charge on any atom is 0.250 e. The largest absolute Gasteiger partial charge is 0.504 e. The Hall–Kier alpha value is -1.70. The molecule has 5 nitrogen and oxygen atoms in total. The van der Waals surface area contributed by atoms with Gasteiger partial charge in [-0.1, -0.05) is 27.5 Å². The van der Waals surface area contributed by atoms with Crippen LogP contribution < -0.4 is 10.2 Å². The Labute approximate surface area is 163 Å². The molecule has 25 heavy (non-hydrogen) atoms. The predicted octanol–water partition coefficient (Wildman–Crippen LogP) is 4.45. The van der Waals surface area contributed by atoms with Crippen LogP contribution in [-0.4, -0.2) is 29.6 Å². The zero-order valence-electron chi connectivity index (χ0n) is 13.3. The highest BCUT2D eigenvalue weighted by molar-refractivity contribution is 9.10. The van der Waals surface area contributed by atoms with E-state index in [-0.39, 0.29) is 17.4 Å². The van der Waals surface area contributed by atoms with Gasteiger partial charge in [-0.05, 0) is 43.3 Å². The first-order valence-corrected chi connectivity index (χ1v) is 9.51. The van der Waals surface area contributed by atoms with Crippen molar-refractivity contribution in [2.24, 2.45) is 5.10 Å². The van der Waals surface area contributed by atoms with E-state index in [9.17, 15) is 9.90 Å². The highest BCUT2D eigenvalue weighted by Gasteiger charge is 2.09. The summed E-state index contributed by atoms with van der Waals surface area (Å²) in [6.45, 7) is 2.26. The van der Waals surface area contributed by atoms with Gasteiger partial charge in [-0.3, -0.25) is 4.79 Å². The Bertz CT molecular complexity index is 769. The van der Waals surface area contributed by atoms with Crippen LogP contribution in [-0.2, 0) is 4.79 Å². The van der Waals surface area contributed by atoms with E-state index >= 15 is 0 Å². The van der Waals surface area contributed by atoms with Gasteiger partial charge in [-0.25, -0.2) is 5.43 Å². The van der Waals surface area contributed by atoms with Crippen molar-refractivity contribution in [1.82, 2.24) is 5.43 Å². The van der Waals surface area contributed by atoms with Crippen molar-refractivity contribution in [3.05, 3.63) is 51.5 Å². The number of phenols is 1. The minimum atomic E-state index is -0.254. The lowest BCUT2D eigenvalue weighted by molar-refractivity contribution is -0.118. The van der Waals surface area contributed by atoms with Gasteiger partial charge in [0.1, 0.15) is 0 Å². The lowest BCUT2D eigenvalue weighted by Gasteiger charge is -2.08. The number of nitrogens with one attached hydrogen (secondary N) is 1. The summed E-state index contributed by atoms with van der Waals surface area (Å²) in [6, 6.07) is 10.6. The second-order valence-corrected chi connectivity index (χ2v) is 7.21. The third kappa shape index (κ3) is 6.26. The molecule has 0 heterocycles. The van der Waals surface area contributed by atoms with Crippen molar-refractivity contribution in [1.29, 1.82) is 0 Å². The van der Waals surface area contributed by atoms with Crippen LogP contribution in [0.4, 0.5) is 0 Å². The molecule has 0 unspecified atom stereocenters. The molecule has 0 aromatic heterocycles. The summed E-state index contributed by atoms with van der Waals surface area (Å²) in [7, 11) is 0. The van der Waals surface area contributed by atoms with E-state index in [1.54, 1.807) is 24.3 Å². The maximum atomic E-state index is 11.8. The average molecular weight is 444 g/mol. The fraction of sp³-hybridized carbons (Fsp3) is 0.176.